The number of hydrogen-bond acceptors (Lipinski definition) is 6. The van der Waals surface area contributed by atoms with Gasteiger partial charge in [0.15, 0.2) is 0 Å². The minimum atomic E-state index is -3.97. The number of cyclic esters (lactones) is 1. The van der Waals surface area contributed by atoms with Crippen molar-refractivity contribution in [2.24, 2.45) is 7.05 Å². The van der Waals surface area contributed by atoms with Crippen molar-refractivity contribution < 1.29 is 22.7 Å². The standard InChI is InChI=1S/C17H18N4O5S/c1-20-15(6-7-18-20)21-8-2-3-14(16(21)22)19-27(24,25)12-5-4-11-10-26-17(23)13(11)9-12/h4-7,9,14,19H,2-3,8,10H2,1H3/t14-/m1/s1. The molecule has 0 bridgehead atoms. The predicted molar refractivity (Wildman–Crippen MR) is 94.5 cm³/mol. The Morgan fingerprint density at radius 3 is 2.81 bits per heavy atom. The second-order valence-corrected chi connectivity index (χ2v) is 8.23. The predicted octanol–water partition coefficient (Wildman–Crippen LogP) is 0.564. The van der Waals surface area contributed by atoms with E-state index < -0.39 is 22.0 Å². The molecular formula is C17H18N4O5S. The molecule has 1 atom stereocenters. The van der Waals surface area contributed by atoms with Crippen molar-refractivity contribution in [2.75, 3.05) is 11.4 Å². The van der Waals surface area contributed by atoms with Crippen LogP contribution in [0.2, 0.25) is 0 Å². The number of amides is 1. The number of carbonyl (C=O) groups excluding carboxylic acids is 2. The summed E-state index contributed by atoms with van der Waals surface area (Å²) in [7, 11) is -2.25. The minimum Gasteiger partial charge on any atom is -0.457 e. The van der Waals surface area contributed by atoms with Crippen LogP contribution in [0.5, 0.6) is 0 Å². The molecule has 27 heavy (non-hydrogen) atoms. The lowest BCUT2D eigenvalue weighted by molar-refractivity contribution is -0.121. The van der Waals surface area contributed by atoms with Crippen molar-refractivity contribution in [3.05, 3.63) is 41.6 Å². The average molecular weight is 390 g/mol. The molecule has 1 aromatic heterocycles. The Labute approximate surface area is 156 Å². The fraction of sp³-hybridized carbons (Fsp3) is 0.353. The van der Waals surface area contributed by atoms with Crippen LogP contribution in [0.1, 0.15) is 28.8 Å². The molecule has 0 unspecified atom stereocenters. The Balaban J connectivity index is 1.57. The Bertz CT molecular complexity index is 1030. The van der Waals surface area contributed by atoms with Gasteiger partial charge in [-0.3, -0.25) is 14.4 Å². The van der Waals surface area contributed by atoms with Crippen molar-refractivity contribution in [3.63, 3.8) is 0 Å². The lowest BCUT2D eigenvalue weighted by atomic mass is 10.1. The second kappa shape index (κ2) is 6.46. The highest BCUT2D eigenvalue weighted by Gasteiger charge is 2.34. The molecule has 2 aliphatic rings. The molecule has 0 spiro atoms. The van der Waals surface area contributed by atoms with Crippen LogP contribution in [0.4, 0.5) is 5.82 Å². The number of benzene rings is 1. The Morgan fingerprint density at radius 2 is 2.07 bits per heavy atom. The summed E-state index contributed by atoms with van der Waals surface area (Å²) in [5.41, 5.74) is 0.888. The molecule has 2 aliphatic heterocycles. The van der Waals surface area contributed by atoms with Crippen LogP contribution in [0, 0.1) is 0 Å². The largest absolute Gasteiger partial charge is 0.457 e. The number of aryl methyl sites for hydroxylation is 1. The van der Waals surface area contributed by atoms with Gasteiger partial charge in [-0.05, 0) is 25.0 Å². The van der Waals surface area contributed by atoms with E-state index in [1.165, 1.54) is 17.0 Å². The first-order chi connectivity index (χ1) is 12.9. The molecule has 10 heteroatoms. The number of anilines is 1. The van der Waals surface area contributed by atoms with Gasteiger partial charge in [0.1, 0.15) is 18.5 Å². The molecule has 4 rings (SSSR count). The van der Waals surface area contributed by atoms with E-state index in [0.717, 1.165) is 0 Å². The molecule has 9 nitrogen and oxygen atoms in total. The van der Waals surface area contributed by atoms with Gasteiger partial charge < -0.3 is 4.74 Å². The summed E-state index contributed by atoms with van der Waals surface area (Å²) in [5, 5.41) is 4.05. The number of rotatable bonds is 4. The summed E-state index contributed by atoms with van der Waals surface area (Å²) in [6.45, 7) is 0.643. The fourth-order valence-corrected chi connectivity index (χ4v) is 4.61. The second-order valence-electron chi connectivity index (χ2n) is 6.51. The zero-order valence-electron chi connectivity index (χ0n) is 14.6. The third-order valence-electron chi connectivity index (χ3n) is 4.78. The van der Waals surface area contributed by atoms with Crippen LogP contribution in [0.25, 0.3) is 0 Å². The fourth-order valence-electron chi connectivity index (χ4n) is 3.36. The lowest BCUT2D eigenvalue weighted by Gasteiger charge is -2.32. The molecule has 0 saturated carbocycles. The van der Waals surface area contributed by atoms with Crippen molar-refractivity contribution >= 4 is 27.7 Å². The third-order valence-corrected chi connectivity index (χ3v) is 6.25. The molecule has 1 fully saturated rings. The number of ether oxygens (including phenoxy) is 1. The number of nitrogens with zero attached hydrogens (tertiary/aromatic N) is 3. The number of carbonyl (C=O) groups is 2. The molecule has 1 amide bonds. The third kappa shape index (κ3) is 3.10. The van der Waals surface area contributed by atoms with Crippen molar-refractivity contribution in [1.29, 1.82) is 0 Å². The summed E-state index contributed by atoms with van der Waals surface area (Å²) >= 11 is 0. The van der Waals surface area contributed by atoms with Gasteiger partial charge >= 0.3 is 5.97 Å². The highest BCUT2D eigenvalue weighted by atomic mass is 32.2. The SMILES string of the molecule is Cn1nccc1N1CCC[C@@H](NS(=O)(=O)c2ccc3c(c2)C(=O)OC3)C1=O. The number of esters is 1. The Hall–Kier alpha value is -2.72. The highest BCUT2D eigenvalue weighted by molar-refractivity contribution is 7.89. The molecule has 0 aliphatic carbocycles. The van der Waals surface area contributed by atoms with Gasteiger partial charge in [-0.15, -0.1) is 0 Å². The van der Waals surface area contributed by atoms with E-state index in [2.05, 4.69) is 9.82 Å². The van der Waals surface area contributed by atoms with Crippen molar-refractivity contribution in [1.82, 2.24) is 14.5 Å². The van der Waals surface area contributed by atoms with Gasteiger partial charge in [-0.1, -0.05) is 6.07 Å². The maximum atomic E-state index is 12.8. The molecule has 1 saturated heterocycles. The van der Waals surface area contributed by atoms with E-state index in [0.29, 0.717) is 30.8 Å². The van der Waals surface area contributed by atoms with Crippen LogP contribution < -0.4 is 9.62 Å². The van der Waals surface area contributed by atoms with Gasteiger partial charge in [0, 0.05) is 25.2 Å². The van der Waals surface area contributed by atoms with Crippen LogP contribution in [0.3, 0.4) is 0 Å². The van der Waals surface area contributed by atoms with E-state index in [1.54, 1.807) is 30.1 Å². The zero-order chi connectivity index (χ0) is 19.2. The maximum absolute atomic E-state index is 12.8. The van der Waals surface area contributed by atoms with Crippen LogP contribution in [-0.2, 0) is 33.2 Å². The van der Waals surface area contributed by atoms with E-state index in [1.807, 2.05) is 0 Å². The van der Waals surface area contributed by atoms with E-state index in [9.17, 15) is 18.0 Å². The highest BCUT2D eigenvalue weighted by Crippen LogP contribution is 2.25. The monoisotopic (exact) mass is 390 g/mol. The van der Waals surface area contributed by atoms with Crippen molar-refractivity contribution in [2.45, 2.75) is 30.4 Å². The van der Waals surface area contributed by atoms with E-state index in [-0.39, 0.29) is 23.0 Å². The molecular weight excluding hydrogens is 372 g/mol. The summed E-state index contributed by atoms with van der Waals surface area (Å²) in [6, 6.07) is 5.09. The smallest absolute Gasteiger partial charge is 0.338 e. The zero-order valence-corrected chi connectivity index (χ0v) is 15.4. The van der Waals surface area contributed by atoms with Gasteiger partial charge in [-0.25, -0.2) is 13.2 Å². The number of aromatic nitrogens is 2. The van der Waals surface area contributed by atoms with E-state index in [4.69, 9.17) is 4.74 Å². The number of nitrogens with one attached hydrogen (secondary N) is 1. The number of fused-ring (bicyclic) bond motifs is 1. The quantitative estimate of drug-likeness (QED) is 0.764. The first-order valence-electron chi connectivity index (χ1n) is 8.48. The first-order valence-corrected chi connectivity index (χ1v) is 9.97. The van der Waals surface area contributed by atoms with Crippen molar-refractivity contribution in [3.8, 4) is 0 Å². The Morgan fingerprint density at radius 1 is 1.26 bits per heavy atom. The van der Waals surface area contributed by atoms with Gasteiger partial charge in [0.05, 0.1) is 16.7 Å². The van der Waals surface area contributed by atoms with Gasteiger partial charge in [-0.2, -0.15) is 9.82 Å². The molecule has 0 radical (unpaired) electrons. The topological polar surface area (TPSA) is 111 Å². The lowest BCUT2D eigenvalue weighted by Crippen LogP contribution is -2.52. The summed E-state index contributed by atoms with van der Waals surface area (Å²) in [6.07, 6.45) is 2.64. The summed E-state index contributed by atoms with van der Waals surface area (Å²) in [5.74, 6) is -0.253. The minimum absolute atomic E-state index is 0.0643. The molecule has 3 heterocycles. The molecule has 1 aromatic carbocycles. The summed E-state index contributed by atoms with van der Waals surface area (Å²) < 4.78 is 34.5. The van der Waals surface area contributed by atoms with Gasteiger partial charge in [0.25, 0.3) is 0 Å². The molecule has 1 N–H and O–H groups in total. The Kier molecular flexibility index (Phi) is 4.23. The number of hydrogen-bond donors (Lipinski definition) is 1. The maximum Gasteiger partial charge on any atom is 0.338 e. The number of sulfonamides is 1. The van der Waals surface area contributed by atoms with Gasteiger partial charge in [0.2, 0.25) is 15.9 Å². The average Bonchev–Trinajstić information content (AvgIpc) is 3.22. The van der Waals surface area contributed by atoms with Crippen LogP contribution >= 0.6 is 0 Å². The first kappa shape index (κ1) is 17.7. The molecule has 2 aromatic rings. The number of piperidine rings is 1. The normalized spacial score (nSPS) is 19.9. The van der Waals surface area contributed by atoms with Crippen LogP contribution in [0.15, 0.2) is 35.4 Å². The summed E-state index contributed by atoms with van der Waals surface area (Å²) in [4.78, 5) is 26.0. The van der Waals surface area contributed by atoms with Crippen LogP contribution in [-0.4, -0.2) is 42.7 Å². The van der Waals surface area contributed by atoms with E-state index >= 15 is 0 Å². The molecule has 142 valence electrons.